The number of hydrogen-bond donors (Lipinski definition) is 11. The first-order valence-electron chi connectivity index (χ1n) is 38.6. The summed E-state index contributed by atoms with van der Waals surface area (Å²) in [4.78, 5) is 185. The summed E-state index contributed by atoms with van der Waals surface area (Å²) in [6.45, 7) is 14.1. The maximum Gasteiger partial charge on any atom is 1.00 e. The van der Waals surface area contributed by atoms with Crippen molar-refractivity contribution < 1.29 is 288 Å². The van der Waals surface area contributed by atoms with Gasteiger partial charge in [-0.05, 0) is 102 Å². The number of aryl methyl sites for hydroxylation is 10. The van der Waals surface area contributed by atoms with Gasteiger partial charge < -0.3 is 127 Å². The van der Waals surface area contributed by atoms with Gasteiger partial charge in [-0.2, -0.15) is 0 Å². The van der Waals surface area contributed by atoms with Crippen LogP contribution in [0, 0.1) is 34.6 Å². The molecule has 0 saturated carbocycles. The number of nitrogens with one attached hydrogen (secondary N) is 5. The zero-order valence-electron chi connectivity index (χ0n) is 77.9. The van der Waals surface area contributed by atoms with Gasteiger partial charge in [-0.1, -0.05) is 113 Å². The first-order valence-corrected chi connectivity index (χ1v) is 40.5. The topological polar surface area (TPSA) is 683 Å². The van der Waals surface area contributed by atoms with E-state index in [1.54, 1.807) is 78.8 Å². The van der Waals surface area contributed by atoms with Crippen LogP contribution < -0.4 is 168 Å². The first-order chi connectivity index (χ1) is 64.0. The number of nitrogen functional groups attached to an aromatic ring is 2. The number of carboxylic acids is 1. The minimum Gasteiger partial charge on any atom is -0.850 e. The number of hydrogen-bond acceptors (Lipinski definition) is 30. The minimum atomic E-state index is -1.22. The molecule has 5 radical (unpaired) electrons. The zero-order valence-corrected chi connectivity index (χ0v) is 98.9. The number of ketones is 1. The van der Waals surface area contributed by atoms with Crippen molar-refractivity contribution in [3.05, 3.63) is 285 Å². The van der Waals surface area contributed by atoms with Crippen LogP contribution in [0.2, 0.25) is 25.1 Å². The van der Waals surface area contributed by atoms with Crippen molar-refractivity contribution in [1.29, 1.82) is 0 Å². The van der Waals surface area contributed by atoms with Gasteiger partial charge in [-0.3, -0.25) is 62.5 Å². The van der Waals surface area contributed by atoms with Gasteiger partial charge in [0.1, 0.15) is 94.9 Å². The number of amides is 6. The Bertz CT molecular complexity index is 6990. The van der Waals surface area contributed by atoms with Crippen LogP contribution in [0.3, 0.4) is 0 Å². The number of carbonyl (C=O) groups is 8. The van der Waals surface area contributed by atoms with Gasteiger partial charge in [-0.25, -0.2) is 44.7 Å². The first kappa shape index (κ1) is 131. The van der Waals surface area contributed by atoms with Crippen LogP contribution in [-0.2, 0) is 215 Å². The largest absolute Gasteiger partial charge is 1.00 e. The van der Waals surface area contributed by atoms with E-state index in [9.17, 15) is 67.4 Å². The molecule has 0 unspecified atom stereocenters. The third-order valence-electron chi connectivity index (χ3n) is 16.7. The number of Topliss-reactive ketones (excluding diaryl/α,β-unsaturated/α-hetero) is 1. The Kier molecular flexibility index (Phi) is 56.7. The number of aromatic hydroxyl groups is 2. The number of nitrogens with zero attached hydrogens (tertiary/aromatic N) is 19. The summed E-state index contributed by atoms with van der Waals surface area (Å²) in [5, 5.41) is 69.0. The number of halogens is 5. The molecule has 14 heterocycles. The van der Waals surface area contributed by atoms with E-state index in [2.05, 4.69) is 96.9 Å². The maximum atomic E-state index is 12.3. The molecule has 729 valence electrons. The molecule has 0 atom stereocenters. The quantitative estimate of drug-likeness (QED) is 0.0291. The summed E-state index contributed by atoms with van der Waals surface area (Å²) in [5.74, 6) is -0.744. The fraction of sp³-hybridized carbons (Fsp3) is 0.190. The van der Waals surface area contributed by atoms with Crippen molar-refractivity contribution in [2.24, 2.45) is 41.0 Å². The Balaban J connectivity index is 0.000000844. The van der Waals surface area contributed by atoms with Gasteiger partial charge in [0.2, 0.25) is 40.1 Å². The number of primary amides is 1. The summed E-state index contributed by atoms with van der Waals surface area (Å²) < 4.78 is 22.3. The fourth-order valence-electron chi connectivity index (χ4n) is 10.7. The monoisotopic (exact) mass is 2450 g/mol. The number of ether oxygens (including phenoxy) is 3. The third-order valence-corrected chi connectivity index (χ3v) is 18.6. The van der Waals surface area contributed by atoms with Crippen LogP contribution in [0.4, 0.5) is 40.7 Å². The predicted molar refractivity (Wildman–Crippen MR) is 495 cm³/mol. The summed E-state index contributed by atoms with van der Waals surface area (Å²) in [6.07, 6.45) is 12.9. The van der Waals surface area contributed by atoms with Crippen LogP contribution >= 0.6 is 58.0 Å². The van der Waals surface area contributed by atoms with Gasteiger partial charge in [0, 0.05) is 219 Å². The summed E-state index contributed by atoms with van der Waals surface area (Å²) in [7, 11) is 7.34. The molecule has 142 heavy (non-hydrogen) atoms. The normalized spacial score (nSPS) is 9.92. The van der Waals surface area contributed by atoms with Crippen molar-refractivity contribution >= 4 is 146 Å². The molecule has 14 aromatic heterocycles. The van der Waals surface area contributed by atoms with Gasteiger partial charge in [-0.15, -0.1) is 34.1 Å². The predicted octanol–water partition coefficient (Wildman–Crippen LogP) is 4.05. The number of rotatable bonds is 20. The molecule has 0 aliphatic carbocycles. The van der Waals surface area contributed by atoms with Crippen LogP contribution in [-0.4, -0.2) is 137 Å². The molecule has 14 rings (SSSR count). The van der Waals surface area contributed by atoms with Crippen LogP contribution in [0.25, 0.3) is 0 Å². The Morgan fingerprint density at radius 2 is 0.789 bits per heavy atom. The molecule has 0 saturated heterocycles. The van der Waals surface area contributed by atoms with Gasteiger partial charge in [0.15, 0.2) is 28.9 Å². The minimum absolute atomic E-state index is 0. The van der Waals surface area contributed by atoms with E-state index in [0.717, 1.165) is 23.4 Å². The molecule has 0 aliphatic heterocycles. The number of aromatic carboxylic acids is 1. The second-order valence-electron chi connectivity index (χ2n) is 28.4. The summed E-state index contributed by atoms with van der Waals surface area (Å²) in [5.41, 5.74) is 14.7. The van der Waals surface area contributed by atoms with Crippen molar-refractivity contribution in [3.8, 4) is 46.0 Å². The molecular weight excluding hydrogens is 2370 g/mol. The second-order valence-corrected chi connectivity index (χ2v) is 30.4. The smallest absolute Gasteiger partial charge is 0.850 e. The Morgan fingerprint density at radius 1 is 0.444 bits per heavy atom. The molecule has 58 heteroatoms. The van der Waals surface area contributed by atoms with Crippen molar-refractivity contribution in [3.63, 3.8) is 0 Å². The number of pyridine rings is 9. The van der Waals surface area contributed by atoms with Crippen molar-refractivity contribution in [2.75, 3.05) is 38.1 Å². The summed E-state index contributed by atoms with van der Waals surface area (Å²) >= 11 is 29.5. The maximum absolute atomic E-state index is 12.3. The van der Waals surface area contributed by atoms with Gasteiger partial charge in [0.05, 0.1) is 64.7 Å². The standard InChI is InChI=1S/C18H17ClN6O4.C17H15ClN6O4.C16H15ClN6O3.C12H13N3O3.C6H4Cl2N2O.C6H8N2O3.C5H6N2O.C4H9O.K.5Y/c1-9-14(18(28)25(3)24-9)17(27)23-13-5-4-11(8-21-13)29-12-6-7-20-16(15(12)19)22-10(2)26;1-8-12(17(27)24(2)23-8)16(26)22-11-4-3-9(7-21-11)28-10-5-6-20-14(13(10)18)15(19)25;1-8-12(16(25)23(2)22-8)15(24)21-11-4-3-9(7-20-11)26-10-5-6-19-14(18)13(10)17;1-7-11(12(18)15(2)14-7)10(17)5-8-3-4-9(16)6-13-8;7-4-1-2-9-6(5(4)8)10-3-11;1-3-4(6(10)11)5(9)8(2)7-3;6-5-2-1-4(8)3-7-5;1-4(2,3)5;;;;;;/h4-8H,1-3H3,(H3,20,21,22,23,24,26,27,28);3-7H,1-2H3,(H4,19,21,22,23,25,26,27);3-7H,1-2H3,(H4,18,19,20,21,22,24,25);3-4,6H,5H2,1-2H3,(H2,14,16,17,18);1-3H,(H,9,10,11);1-2H3,(H2,7,9,10,11);1-3,8H,(H2,6,7);1-3H3;;;;;;/q;;;;;;;-1;+1;;;;;/p-5. The van der Waals surface area contributed by atoms with Crippen molar-refractivity contribution in [2.45, 2.75) is 74.3 Å². The summed E-state index contributed by atoms with van der Waals surface area (Å²) in [6, 6.07) is 21.3. The molecule has 0 fully saturated rings. The number of carbonyl (C=O) groups excluding carboxylic acids is 7. The van der Waals surface area contributed by atoms with E-state index in [-0.39, 0.29) is 350 Å². The molecule has 47 nitrogen and oxygen atoms in total. The van der Waals surface area contributed by atoms with E-state index >= 15 is 0 Å². The van der Waals surface area contributed by atoms with Crippen LogP contribution in [0.5, 0.6) is 46.0 Å². The van der Waals surface area contributed by atoms with Crippen molar-refractivity contribution in [1.82, 2.24) is 93.8 Å². The molecule has 0 aromatic carbocycles. The average molecular weight is 2450 g/mol. The molecule has 6 amide bonds. The molecule has 0 aliphatic rings. The van der Waals surface area contributed by atoms with E-state index in [4.69, 9.17) is 105 Å². The number of carboxylic acid groups (broad SMARTS) is 1. The Labute approximate surface area is 999 Å². The Morgan fingerprint density at radius 3 is 1.11 bits per heavy atom. The molecule has 14 aromatic rings. The molecule has 14 N–H and O–H groups in total. The van der Waals surface area contributed by atoms with E-state index in [1.165, 1.54) is 159 Å². The van der Waals surface area contributed by atoms with Gasteiger partial charge >= 0.3 is 57.4 Å². The Hall–Kier alpha value is -9.47. The number of aromatic nitrogens is 19. The van der Waals surface area contributed by atoms with E-state index < -0.39 is 63.0 Å². The fourth-order valence-corrected chi connectivity index (χ4v) is 11.6. The van der Waals surface area contributed by atoms with Gasteiger partial charge in [0.25, 0.3) is 23.6 Å². The van der Waals surface area contributed by atoms with E-state index in [1.807, 2.05) is 0 Å². The molecular formula is C84H82Cl5KN27O20Y5-5. The number of anilines is 7. The van der Waals surface area contributed by atoms with Crippen LogP contribution in [0.1, 0.15) is 124 Å². The molecule has 0 spiro atoms. The van der Waals surface area contributed by atoms with Crippen LogP contribution in [0.15, 0.2) is 165 Å². The molecule has 0 bridgehead atoms. The average Bonchev–Trinajstić information content (AvgIpc) is 1.71. The zero-order chi connectivity index (χ0) is 101. The number of nitrogens with two attached hydrogens (primary N) is 3. The van der Waals surface area contributed by atoms with E-state index in [0.29, 0.717) is 68.7 Å². The SMILES string of the molecule is CC(=O)Nc1nccc(Oc2ccc(NC(=O)c3c(C)[n-]n(C)c3=O)nc2)c1Cl.CC(C)(C)[O-].Cc1[n-]n(C)c(=O)c1C(=O)Cc1ccc(O)cn1.Cc1[n-]n(C)c(=O)c1C(=O)Nc1ccc(Oc2ccnc(C(N)=O)c2Cl)cn1.Cc1[n-]n(C)c(=O)c1C(=O)Nc1ccc(Oc2ccnc(N)c2Cl)cn1.Cc1[n-]n(C)c(=O)c1C(=O)O.Nc1ccc(O)cn1.O=CNc1nccc(Cl)c1Cl.[K+].[Y].[Y].[Y].[Y].[Y]. The second kappa shape index (κ2) is 61.7. The third kappa shape index (κ3) is 39.5.